The fourth-order valence-corrected chi connectivity index (χ4v) is 11.0. The summed E-state index contributed by atoms with van der Waals surface area (Å²) < 4.78 is 63.6. The predicted octanol–water partition coefficient (Wildman–Crippen LogP) is 4.29. The molecule has 0 aliphatic rings. The van der Waals surface area contributed by atoms with Crippen LogP contribution in [-0.4, -0.2) is 49.1 Å². The van der Waals surface area contributed by atoms with Crippen molar-refractivity contribution in [2.75, 3.05) is 11.7 Å². The summed E-state index contributed by atoms with van der Waals surface area (Å²) in [5.41, 5.74) is -3.04. The van der Waals surface area contributed by atoms with Gasteiger partial charge in [0, 0.05) is 16.8 Å². The van der Waals surface area contributed by atoms with Gasteiger partial charge in [-0.15, -0.1) is 0 Å². The minimum atomic E-state index is -1.03. The summed E-state index contributed by atoms with van der Waals surface area (Å²) in [4.78, 5) is 93.4. The molecule has 78 heavy (non-hydrogen) atoms. The molecule has 22 heteroatoms. The van der Waals surface area contributed by atoms with Crippen LogP contribution < -0.4 is 73.8 Å². The molecular formula is C56H43F2I2N8O10-. The Balaban J connectivity index is 0.945. The number of hydrogen-bond donors (Lipinski definition) is 0. The maximum atomic E-state index is 16.7. The van der Waals surface area contributed by atoms with Gasteiger partial charge in [0.05, 0.1) is 13.3 Å². The van der Waals surface area contributed by atoms with Crippen molar-refractivity contribution in [1.29, 1.82) is 0 Å². The molecule has 0 saturated heterocycles. The molecule has 0 unspecified atom stereocenters. The quantitative estimate of drug-likeness (QED) is 0.105. The summed E-state index contributed by atoms with van der Waals surface area (Å²) >= 11 is 0.906. The number of benzene rings is 4. The zero-order valence-electron chi connectivity index (χ0n) is 42.0. The molecule has 0 bridgehead atoms. The molecule has 4 aromatic carbocycles. The van der Waals surface area contributed by atoms with E-state index in [-0.39, 0.29) is 74.1 Å². The molecule has 0 aliphatic carbocycles. The van der Waals surface area contributed by atoms with Crippen molar-refractivity contribution in [2.45, 2.75) is 26.9 Å². The van der Waals surface area contributed by atoms with Crippen molar-refractivity contribution in [1.82, 2.24) is 37.4 Å². The topological polar surface area (TPSA) is 195 Å². The summed E-state index contributed by atoms with van der Waals surface area (Å²) in [6.45, 7) is 3.03. The second-order valence-electron chi connectivity index (χ2n) is 17.8. The van der Waals surface area contributed by atoms with Crippen LogP contribution in [0.1, 0.15) is 22.4 Å². The number of hydrogen-bond acceptors (Lipinski definition) is 12. The molecule has 6 heterocycles. The fourth-order valence-electron chi connectivity index (χ4n) is 8.73. The maximum absolute atomic E-state index is 16.7. The molecule has 6 aromatic heterocycles. The summed E-state index contributed by atoms with van der Waals surface area (Å²) in [6.07, 6.45) is 4.49. The van der Waals surface area contributed by atoms with E-state index in [0.29, 0.717) is 41.0 Å². The molecule has 0 spiro atoms. The predicted molar refractivity (Wildman–Crippen MR) is 291 cm³/mol. The zero-order chi connectivity index (χ0) is 55.1. The van der Waals surface area contributed by atoms with Crippen LogP contribution in [0.2, 0.25) is 0 Å². The Hall–Kier alpha value is -8.52. The van der Waals surface area contributed by atoms with E-state index in [1.807, 2.05) is 22.6 Å². The van der Waals surface area contributed by atoms with Crippen LogP contribution in [-0.2, 0) is 27.2 Å². The number of aromatic nitrogens is 8. The molecular weight excluding hydrogens is 1240 g/mol. The van der Waals surface area contributed by atoms with Crippen molar-refractivity contribution < 1.29 is 48.9 Å². The first-order valence-electron chi connectivity index (χ1n) is 23.7. The van der Waals surface area contributed by atoms with Gasteiger partial charge in [-0.05, 0) is 60.2 Å². The van der Waals surface area contributed by atoms with Crippen molar-refractivity contribution >= 4 is 44.7 Å². The third-order valence-electron chi connectivity index (χ3n) is 12.7. The summed E-state index contributed by atoms with van der Waals surface area (Å²) in [5, 5.41) is -0.292. The van der Waals surface area contributed by atoms with E-state index in [1.165, 1.54) is 57.9 Å². The van der Waals surface area contributed by atoms with E-state index in [2.05, 4.69) is 9.97 Å². The molecule has 0 fully saturated rings. The van der Waals surface area contributed by atoms with E-state index in [1.54, 1.807) is 98.9 Å². The van der Waals surface area contributed by atoms with Crippen LogP contribution in [0.15, 0.2) is 163 Å². The van der Waals surface area contributed by atoms with Gasteiger partial charge in [0.25, 0.3) is 5.56 Å². The average Bonchev–Trinajstić information content (AvgIpc) is 3.50. The first-order valence-corrected chi connectivity index (χ1v) is 27.3. The number of halogens is 4. The van der Waals surface area contributed by atoms with Crippen LogP contribution in [0, 0.1) is 32.6 Å². The van der Waals surface area contributed by atoms with Crippen LogP contribution in [0.3, 0.4) is 0 Å². The second kappa shape index (κ2) is 21.8. The normalized spacial score (nSPS) is 11.4. The van der Waals surface area contributed by atoms with Crippen LogP contribution in [0.25, 0.3) is 33.4 Å². The number of alkyl halides is 1. The summed E-state index contributed by atoms with van der Waals surface area (Å²) in [6, 6.07) is 29.1. The standard InChI is InChI=1S/C56H43F2I2N8O10/c1-31-18-20-61-27-46(31)78-45-26-48(70)64(4)52-50(45)54(72)66(55(73)67(52)42-16-10-35(59)23-40(42)57)29-34-8-14-38(15-9-34)76-30-60-36-11-17-43(41(58)24-36)68-51-49(44(25-47(69)63(51)3)77-39-19-21-62-32(2)22-39)53(71)65(56(68)74)28-33-6-12-37(75-5)13-7-33/h6-27H,28-30H2,1-5H3/q-1. The fraction of sp³-hybridized carbons (Fsp3) is 0.143. The number of fused-ring (bicyclic) bond motifs is 2. The van der Waals surface area contributed by atoms with Crippen molar-refractivity contribution in [3.05, 3.63) is 237 Å². The molecule has 0 aliphatic heterocycles. The monoisotopic (exact) mass is 1280 g/mol. The van der Waals surface area contributed by atoms with Crippen LogP contribution in [0.5, 0.6) is 34.5 Å². The number of ether oxygens (including phenoxy) is 4. The van der Waals surface area contributed by atoms with Gasteiger partial charge >= 0.3 is 341 Å². The first kappa shape index (κ1) is 52.9. The Morgan fingerprint density at radius 2 is 1.14 bits per heavy atom. The number of pyridine rings is 4. The minimum absolute atomic E-state index is 0.139. The average molecular weight is 1280 g/mol. The van der Waals surface area contributed by atoms with Crippen LogP contribution >= 0.6 is 22.6 Å². The molecule has 10 aromatic rings. The Morgan fingerprint density at radius 1 is 0.590 bits per heavy atom. The van der Waals surface area contributed by atoms with E-state index in [9.17, 15) is 28.8 Å². The Kier molecular flexibility index (Phi) is 14.8. The van der Waals surface area contributed by atoms with Gasteiger partial charge in [0.1, 0.15) is 5.75 Å². The van der Waals surface area contributed by atoms with Crippen molar-refractivity contribution in [3.8, 4) is 45.9 Å². The summed E-state index contributed by atoms with van der Waals surface area (Å²) in [7, 11) is 4.27. The molecule has 0 atom stereocenters. The molecule has 0 N–H and O–H groups in total. The molecule has 0 amide bonds. The third kappa shape index (κ3) is 10.3. The van der Waals surface area contributed by atoms with Gasteiger partial charge in [-0.25, -0.2) is 4.39 Å². The van der Waals surface area contributed by atoms with Gasteiger partial charge in [-0.3, -0.25) is 14.8 Å². The second-order valence-corrected chi connectivity index (χ2v) is 21.7. The molecule has 18 nitrogen and oxygen atoms in total. The summed E-state index contributed by atoms with van der Waals surface area (Å²) in [5.74, 6) is -0.335. The molecule has 396 valence electrons. The third-order valence-corrected chi connectivity index (χ3v) is 15.6. The van der Waals surface area contributed by atoms with E-state index in [4.69, 9.17) is 18.9 Å². The number of aryl methyl sites for hydroxylation is 4. The number of methoxy groups -OCH3 is 1. The van der Waals surface area contributed by atoms with Gasteiger partial charge in [-0.1, -0.05) is 0 Å². The van der Waals surface area contributed by atoms with Gasteiger partial charge < -0.3 is 4.74 Å². The molecule has 0 saturated carbocycles. The van der Waals surface area contributed by atoms with Gasteiger partial charge in [-0.2, -0.15) is 0 Å². The zero-order valence-corrected chi connectivity index (χ0v) is 46.3. The SMILES string of the molecule is COc1ccc(Cn2c(=O)c3c(Oc4ccnc(C)c4)cc(=O)n(C)c3n(-c3ccc([I-]COc4ccc(Cn5c(=O)c6c(Oc7cnccc7C)cc(=O)n(C)c6n(-c6ccc(I)cc6F)c5=O)cc4)cc3F)c2=O)cc1. The molecule has 0 radical (unpaired) electrons. The van der Waals surface area contributed by atoms with Gasteiger partial charge in [0.2, 0.25) is 0 Å². The van der Waals surface area contributed by atoms with Crippen LogP contribution in [0.4, 0.5) is 8.78 Å². The Labute approximate surface area is 464 Å². The van der Waals surface area contributed by atoms with E-state index < -0.39 is 66.5 Å². The van der Waals surface area contributed by atoms with E-state index >= 15 is 8.78 Å². The van der Waals surface area contributed by atoms with Gasteiger partial charge in [0.15, 0.2) is 0 Å². The number of nitrogens with zero attached hydrogens (tertiary/aromatic N) is 8. The first-order chi connectivity index (χ1) is 37.5. The Bertz CT molecular complexity index is 4420. The number of rotatable bonds is 15. The van der Waals surface area contributed by atoms with Crippen molar-refractivity contribution in [2.24, 2.45) is 14.1 Å². The van der Waals surface area contributed by atoms with E-state index in [0.717, 1.165) is 39.5 Å². The Morgan fingerprint density at radius 3 is 1.68 bits per heavy atom. The van der Waals surface area contributed by atoms with Crippen molar-refractivity contribution in [3.63, 3.8) is 0 Å². The molecule has 10 rings (SSSR count).